The van der Waals surface area contributed by atoms with Gasteiger partial charge in [0.1, 0.15) is 0 Å². The Hall–Kier alpha value is -0.0800. The number of hydrogen-bond donors (Lipinski definition) is 2. The van der Waals surface area contributed by atoms with Gasteiger partial charge in [0, 0.05) is 6.04 Å². The normalized spacial score (nSPS) is 36.3. The average molecular weight is 154 g/mol. The van der Waals surface area contributed by atoms with Crippen LogP contribution in [0.25, 0.3) is 0 Å². The molecule has 2 aliphatic rings. The van der Waals surface area contributed by atoms with E-state index >= 15 is 0 Å². The summed E-state index contributed by atoms with van der Waals surface area (Å²) in [4.78, 5) is 0. The van der Waals surface area contributed by atoms with Gasteiger partial charge < -0.3 is 11.1 Å². The van der Waals surface area contributed by atoms with Crippen molar-refractivity contribution < 1.29 is 0 Å². The van der Waals surface area contributed by atoms with Crippen LogP contribution >= 0.6 is 0 Å². The van der Waals surface area contributed by atoms with E-state index in [0.29, 0.717) is 11.5 Å². The van der Waals surface area contributed by atoms with Gasteiger partial charge >= 0.3 is 0 Å². The fourth-order valence-electron chi connectivity index (χ4n) is 2.66. The molecular weight excluding hydrogens is 136 g/mol. The van der Waals surface area contributed by atoms with Crippen molar-refractivity contribution in [2.24, 2.45) is 11.1 Å². The van der Waals surface area contributed by atoms with E-state index < -0.39 is 0 Å². The number of nitrogens with two attached hydrogens (primary N) is 1. The van der Waals surface area contributed by atoms with E-state index in [1.54, 1.807) is 0 Å². The first-order valence-corrected chi connectivity index (χ1v) is 4.77. The van der Waals surface area contributed by atoms with Crippen LogP contribution in [-0.4, -0.2) is 19.1 Å². The summed E-state index contributed by atoms with van der Waals surface area (Å²) in [6.45, 7) is 2.43. The van der Waals surface area contributed by atoms with Gasteiger partial charge in [0.15, 0.2) is 0 Å². The lowest BCUT2D eigenvalue weighted by Gasteiger charge is -2.33. The molecule has 2 fully saturated rings. The van der Waals surface area contributed by atoms with Crippen molar-refractivity contribution >= 4 is 0 Å². The van der Waals surface area contributed by atoms with Crippen LogP contribution < -0.4 is 11.1 Å². The molecule has 1 saturated heterocycles. The minimum Gasteiger partial charge on any atom is -0.328 e. The fourth-order valence-corrected chi connectivity index (χ4v) is 2.66. The zero-order chi connectivity index (χ0) is 7.73. The molecule has 2 rings (SSSR count). The second-order valence-electron chi connectivity index (χ2n) is 4.25. The quantitative estimate of drug-likeness (QED) is 0.543. The summed E-state index contributed by atoms with van der Waals surface area (Å²) in [6.07, 6.45) is 6.66. The molecule has 0 aromatic heterocycles. The second-order valence-corrected chi connectivity index (χ2v) is 4.25. The molecule has 0 radical (unpaired) electrons. The topological polar surface area (TPSA) is 38.0 Å². The Labute approximate surface area is 68.5 Å². The van der Waals surface area contributed by atoms with Crippen LogP contribution in [0.3, 0.4) is 0 Å². The van der Waals surface area contributed by atoms with Crippen molar-refractivity contribution in [2.75, 3.05) is 13.1 Å². The predicted octanol–water partition coefficient (Wildman–Crippen LogP) is 0.867. The lowest BCUT2D eigenvalue weighted by Crippen LogP contribution is -2.35. The first kappa shape index (κ1) is 7.56. The highest BCUT2D eigenvalue weighted by molar-refractivity contribution is 4.93. The third kappa shape index (κ3) is 1.42. The molecule has 1 saturated carbocycles. The summed E-state index contributed by atoms with van der Waals surface area (Å²) in [7, 11) is 0. The SMILES string of the molecule is NC1CCC2(CCNCC2)C1. The Morgan fingerprint density at radius 1 is 1.18 bits per heavy atom. The zero-order valence-corrected chi connectivity index (χ0v) is 7.10. The van der Waals surface area contributed by atoms with Crippen molar-refractivity contribution in [1.82, 2.24) is 5.32 Å². The molecule has 1 unspecified atom stereocenters. The van der Waals surface area contributed by atoms with Gasteiger partial charge in [-0.05, 0) is 50.6 Å². The van der Waals surface area contributed by atoms with Crippen LogP contribution in [0.15, 0.2) is 0 Å². The number of piperidine rings is 1. The van der Waals surface area contributed by atoms with Crippen LogP contribution in [0.1, 0.15) is 32.1 Å². The van der Waals surface area contributed by atoms with Crippen molar-refractivity contribution in [3.8, 4) is 0 Å². The molecule has 0 aromatic carbocycles. The molecule has 2 nitrogen and oxygen atoms in total. The van der Waals surface area contributed by atoms with Crippen LogP contribution in [-0.2, 0) is 0 Å². The minimum atomic E-state index is 0.507. The van der Waals surface area contributed by atoms with Crippen molar-refractivity contribution in [3.05, 3.63) is 0 Å². The van der Waals surface area contributed by atoms with E-state index in [0.717, 1.165) is 0 Å². The number of nitrogens with one attached hydrogen (secondary N) is 1. The lowest BCUT2D eigenvalue weighted by atomic mass is 9.77. The van der Waals surface area contributed by atoms with Gasteiger partial charge in [0.05, 0.1) is 0 Å². The molecule has 1 spiro atoms. The summed E-state index contributed by atoms with van der Waals surface area (Å²) in [5.41, 5.74) is 6.58. The van der Waals surface area contributed by atoms with Gasteiger partial charge in [0.25, 0.3) is 0 Å². The predicted molar refractivity (Wildman–Crippen MR) is 46.4 cm³/mol. The maximum atomic E-state index is 5.92. The molecule has 0 bridgehead atoms. The molecule has 0 aromatic rings. The smallest absolute Gasteiger partial charge is 0.00443 e. The van der Waals surface area contributed by atoms with Crippen LogP contribution in [0.4, 0.5) is 0 Å². The Bertz CT molecular complexity index is 133. The van der Waals surface area contributed by atoms with Gasteiger partial charge in [-0.2, -0.15) is 0 Å². The monoisotopic (exact) mass is 154 g/mol. The van der Waals surface area contributed by atoms with Crippen LogP contribution in [0.5, 0.6) is 0 Å². The van der Waals surface area contributed by atoms with E-state index in [9.17, 15) is 0 Å². The van der Waals surface area contributed by atoms with Gasteiger partial charge in [-0.1, -0.05) is 0 Å². The average Bonchev–Trinajstić information content (AvgIpc) is 2.34. The van der Waals surface area contributed by atoms with E-state index in [1.807, 2.05) is 0 Å². The molecule has 1 aliphatic heterocycles. The number of hydrogen-bond acceptors (Lipinski definition) is 2. The van der Waals surface area contributed by atoms with Crippen molar-refractivity contribution in [2.45, 2.75) is 38.1 Å². The summed E-state index contributed by atoms with van der Waals surface area (Å²) in [5, 5.41) is 3.41. The Morgan fingerprint density at radius 2 is 1.91 bits per heavy atom. The summed E-state index contributed by atoms with van der Waals surface area (Å²) >= 11 is 0. The highest BCUT2D eigenvalue weighted by Crippen LogP contribution is 2.44. The van der Waals surface area contributed by atoms with E-state index in [-0.39, 0.29) is 0 Å². The summed E-state index contributed by atoms with van der Waals surface area (Å²) in [6, 6.07) is 0.507. The first-order valence-electron chi connectivity index (χ1n) is 4.77. The second kappa shape index (κ2) is 2.76. The molecular formula is C9H18N2. The van der Waals surface area contributed by atoms with Crippen molar-refractivity contribution in [3.63, 3.8) is 0 Å². The summed E-state index contributed by atoms with van der Waals surface area (Å²) < 4.78 is 0. The van der Waals surface area contributed by atoms with Gasteiger partial charge in [-0.25, -0.2) is 0 Å². The Kier molecular flexibility index (Phi) is 1.90. The van der Waals surface area contributed by atoms with E-state index in [2.05, 4.69) is 5.32 Å². The molecule has 64 valence electrons. The van der Waals surface area contributed by atoms with Crippen LogP contribution in [0.2, 0.25) is 0 Å². The summed E-state index contributed by atoms with van der Waals surface area (Å²) in [5.74, 6) is 0. The highest BCUT2D eigenvalue weighted by Gasteiger charge is 2.38. The molecule has 1 heterocycles. The Morgan fingerprint density at radius 3 is 2.45 bits per heavy atom. The molecule has 1 atom stereocenters. The zero-order valence-electron chi connectivity index (χ0n) is 7.10. The fraction of sp³-hybridized carbons (Fsp3) is 1.00. The first-order chi connectivity index (χ1) is 5.31. The van der Waals surface area contributed by atoms with Crippen molar-refractivity contribution in [1.29, 1.82) is 0 Å². The van der Waals surface area contributed by atoms with Gasteiger partial charge in [0.2, 0.25) is 0 Å². The van der Waals surface area contributed by atoms with E-state index in [4.69, 9.17) is 5.73 Å². The number of rotatable bonds is 0. The molecule has 2 heteroatoms. The maximum absolute atomic E-state index is 5.92. The van der Waals surface area contributed by atoms with Gasteiger partial charge in [-0.3, -0.25) is 0 Å². The molecule has 0 amide bonds. The van der Waals surface area contributed by atoms with Gasteiger partial charge in [-0.15, -0.1) is 0 Å². The van der Waals surface area contributed by atoms with Crippen LogP contribution in [0, 0.1) is 5.41 Å². The molecule has 11 heavy (non-hydrogen) atoms. The maximum Gasteiger partial charge on any atom is 0.00443 e. The lowest BCUT2D eigenvalue weighted by molar-refractivity contribution is 0.207. The largest absolute Gasteiger partial charge is 0.328 e. The molecule has 3 N–H and O–H groups in total. The minimum absolute atomic E-state index is 0.507. The Balaban J connectivity index is 1.98. The molecule has 1 aliphatic carbocycles. The third-order valence-corrected chi connectivity index (χ3v) is 3.40. The highest BCUT2D eigenvalue weighted by atomic mass is 14.9. The third-order valence-electron chi connectivity index (χ3n) is 3.40. The standard InChI is InChI=1S/C9H18N2/c10-8-1-2-9(7-8)3-5-11-6-4-9/h8,11H,1-7,10H2. The van der Waals surface area contributed by atoms with E-state index in [1.165, 1.54) is 45.2 Å².